The van der Waals surface area contributed by atoms with E-state index in [4.69, 9.17) is 4.98 Å². The minimum Gasteiger partial charge on any atom is -0.478 e. The Morgan fingerprint density at radius 1 is 1.03 bits per heavy atom. The second-order valence-corrected chi connectivity index (χ2v) is 7.44. The fourth-order valence-electron chi connectivity index (χ4n) is 4.05. The zero-order chi connectivity index (χ0) is 20.1. The molecule has 0 unspecified atom stereocenters. The van der Waals surface area contributed by atoms with Crippen LogP contribution in [0.4, 0.5) is 5.95 Å². The van der Waals surface area contributed by atoms with Crippen LogP contribution in [0.1, 0.15) is 52.5 Å². The molecule has 2 aromatic carbocycles. The Labute approximate surface area is 171 Å². The lowest BCUT2D eigenvalue weighted by atomic mass is 10.0. The molecule has 0 saturated carbocycles. The number of carboxylic acids is 1. The monoisotopic (exact) mass is 387 g/mol. The van der Waals surface area contributed by atoms with E-state index in [1.165, 1.54) is 17.3 Å². The van der Waals surface area contributed by atoms with Crippen LogP contribution >= 0.6 is 0 Å². The van der Waals surface area contributed by atoms with Gasteiger partial charge in [0.15, 0.2) is 0 Å². The number of carbonyl (C=O) groups is 1. The third kappa shape index (κ3) is 4.45. The predicted molar refractivity (Wildman–Crippen MR) is 113 cm³/mol. The van der Waals surface area contributed by atoms with Crippen molar-refractivity contribution in [3.8, 4) is 0 Å². The fraction of sp³-hybridized carbons (Fsp3) is 0.292. The molecule has 0 radical (unpaired) electrons. The SMILES string of the molecule is O=C(O)c1cnc(N2CCC[C@H]2c2ccccc2)nc1CCCc1ccccc1. The molecule has 0 amide bonds. The number of benzene rings is 2. The molecule has 5 nitrogen and oxygen atoms in total. The summed E-state index contributed by atoms with van der Waals surface area (Å²) >= 11 is 0. The average Bonchev–Trinajstić information content (AvgIpc) is 3.25. The molecule has 3 aromatic rings. The number of aromatic nitrogens is 2. The van der Waals surface area contributed by atoms with E-state index in [2.05, 4.69) is 46.3 Å². The highest BCUT2D eigenvalue weighted by atomic mass is 16.4. The lowest BCUT2D eigenvalue weighted by Gasteiger charge is -2.25. The van der Waals surface area contributed by atoms with E-state index in [0.717, 1.165) is 32.2 Å². The molecular formula is C24H25N3O2. The first-order chi connectivity index (χ1) is 14.2. The van der Waals surface area contributed by atoms with E-state index >= 15 is 0 Å². The zero-order valence-electron chi connectivity index (χ0n) is 16.4. The largest absolute Gasteiger partial charge is 0.478 e. The lowest BCUT2D eigenvalue weighted by molar-refractivity contribution is 0.0694. The summed E-state index contributed by atoms with van der Waals surface area (Å²) < 4.78 is 0. The second-order valence-electron chi connectivity index (χ2n) is 7.44. The van der Waals surface area contributed by atoms with Gasteiger partial charge in [-0.2, -0.15) is 0 Å². The molecule has 1 N–H and O–H groups in total. The van der Waals surface area contributed by atoms with E-state index < -0.39 is 5.97 Å². The third-order valence-corrected chi connectivity index (χ3v) is 5.50. The predicted octanol–water partition coefficient (Wildman–Crippen LogP) is 4.69. The highest BCUT2D eigenvalue weighted by Gasteiger charge is 2.28. The summed E-state index contributed by atoms with van der Waals surface area (Å²) in [6.45, 7) is 0.884. The molecule has 4 rings (SSSR count). The van der Waals surface area contributed by atoms with Gasteiger partial charge in [0.1, 0.15) is 0 Å². The third-order valence-electron chi connectivity index (χ3n) is 5.50. The molecule has 1 fully saturated rings. The van der Waals surface area contributed by atoms with Gasteiger partial charge in [-0.25, -0.2) is 14.8 Å². The molecule has 1 aliphatic rings. The molecule has 2 heterocycles. The Balaban J connectivity index is 1.55. The van der Waals surface area contributed by atoms with Gasteiger partial charge in [-0.15, -0.1) is 0 Å². The molecule has 1 atom stereocenters. The summed E-state index contributed by atoms with van der Waals surface area (Å²) in [4.78, 5) is 23.0. The number of aryl methyl sites for hydroxylation is 2. The van der Waals surface area contributed by atoms with Gasteiger partial charge in [0, 0.05) is 12.7 Å². The van der Waals surface area contributed by atoms with Gasteiger partial charge < -0.3 is 10.0 Å². The van der Waals surface area contributed by atoms with Crippen molar-refractivity contribution in [1.29, 1.82) is 0 Å². The van der Waals surface area contributed by atoms with E-state index in [9.17, 15) is 9.90 Å². The van der Waals surface area contributed by atoms with Crippen LogP contribution in [0.25, 0.3) is 0 Å². The molecule has 0 aliphatic carbocycles. The summed E-state index contributed by atoms with van der Waals surface area (Å²) in [5.74, 6) is -0.330. The van der Waals surface area contributed by atoms with Gasteiger partial charge in [0.25, 0.3) is 0 Å². The van der Waals surface area contributed by atoms with Crippen molar-refractivity contribution >= 4 is 11.9 Å². The van der Waals surface area contributed by atoms with E-state index in [1.54, 1.807) is 0 Å². The fourth-order valence-corrected chi connectivity index (χ4v) is 4.05. The topological polar surface area (TPSA) is 66.3 Å². The van der Waals surface area contributed by atoms with Crippen molar-refractivity contribution in [3.63, 3.8) is 0 Å². The first kappa shape index (κ1) is 19.1. The molecule has 29 heavy (non-hydrogen) atoms. The Kier molecular flexibility index (Phi) is 5.84. The highest BCUT2D eigenvalue weighted by molar-refractivity contribution is 5.88. The maximum atomic E-state index is 11.7. The summed E-state index contributed by atoms with van der Waals surface area (Å²) in [6, 6.07) is 20.9. The van der Waals surface area contributed by atoms with Crippen LogP contribution in [-0.2, 0) is 12.8 Å². The molecule has 0 bridgehead atoms. The number of aromatic carboxylic acids is 1. The van der Waals surface area contributed by atoms with Crippen LogP contribution in [0.2, 0.25) is 0 Å². The molecule has 0 spiro atoms. The van der Waals surface area contributed by atoms with Crippen molar-refractivity contribution in [2.24, 2.45) is 0 Å². The minimum absolute atomic E-state index is 0.206. The van der Waals surface area contributed by atoms with Gasteiger partial charge in [0.05, 0.1) is 17.3 Å². The zero-order valence-corrected chi connectivity index (χ0v) is 16.4. The van der Waals surface area contributed by atoms with E-state index in [1.807, 2.05) is 24.3 Å². The Morgan fingerprint density at radius 3 is 2.48 bits per heavy atom. The van der Waals surface area contributed by atoms with Crippen molar-refractivity contribution in [3.05, 3.63) is 89.2 Å². The van der Waals surface area contributed by atoms with Crippen molar-refractivity contribution in [1.82, 2.24) is 9.97 Å². The average molecular weight is 387 g/mol. The van der Waals surface area contributed by atoms with Gasteiger partial charge in [-0.1, -0.05) is 60.7 Å². The van der Waals surface area contributed by atoms with Gasteiger partial charge in [0.2, 0.25) is 5.95 Å². The van der Waals surface area contributed by atoms with Crippen LogP contribution < -0.4 is 4.90 Å². The van der Waals surface area contributed by atoms with Gasteiger partial charge >= 0.3 is 5.97 Å². The summed E-state index contributed by atoms with van der Waals surface area (Å²) in [7, 11) is 0. The number of carboxylic acid groups (broad SMARTS) is 1. The molecule has 1 aromatic heterocycles. The van der Waals surface area contributed by atoms with Crippen LogP contribution in [0.15, 0.2) is 66.9 Å². The first-order valence-corrected chi connectivity index (χ1v) is 10.2. The minimum atomic E-state index is -0.965. The number of hydrogen-bond donors (Lipinski definition) is 1. The van der Waals surface area contributed by atoms with Crippen molar-refractivity contribution in [2.45, 2.75) is 38.1 Å². The van der Waals surface area contributed by atoms with Crippen molar-refractivity contribution < 1.29 is 9.90 Å². The quantitative estimate of drug-likeness (QED) is 0.637. The van der Waals surface area contributed by atoms with Crippen LogP contribution in [0, 0.1) is 0 Å². The lowest BCUT2D eigenvalue weighted by Crippen LogP contribution is -2.25. The van der Waals surface area contributed by atoms with Gasteiger partial charge in [-0.3, -0.25) is 0 Å². The second kappa shape index (κ2) is 8.86. The van der Waals surface area contributed by atoms with Crippen LogP contribution in [0.5, 0.6) is 0 Å². The molecule has 1 aliphatic heterocycles. The standard InChI is InChI=1S/C24H25N3O2/c28-23(29)20-17-25-24(26-21(20)14-7-11-18-9-3-1-4-10-18)27-16-8-15-22(27)19-12-5-2-6-13-19/h1-6,9-10,12-13,17,22H,7-8,11,14-16H2,(H,28,29)/t22-/m0/s1. The number of rotatable bonds is 7. The Morgan fingerprint density at radius 2 is 1.76 bits per heavy atom. The summed E-state index contributed by atoms with van der Waals surface area (Å²) in [6.07, 6.45) is 5.97. The van der Waals surface area contributed by atoms with E-state index in [0.29, 0.717) is 18.1 Å². The summed E-state index contributed by atoms with van der Waals surface area (Å²) in [5.41, 5.74) is 3.33. The van der Waals surface area contributed by atoms with Crippen molar-refractivity contribution in [2.75, 3.05) is 11.4 Å². The number of nitrogens with zero attached hydrogens (tertiary/aromatic N) is 3. The summed E-state index contributed by atoms with van der Waals surface area (Å²) in [5, 5.41) is 9.57. The maximum absolute atomic E-state index is 11.7. The molecule has 5 heteroatoms. The smallest absolute Gasteiger partial charge is 0.339 e. The first-order valence-electron chi connectivity index (χ1n) is 10.2. The van der Waals surface area contributed by atoms with E-state index in [-0.39, 0.29) is 11.6 Å². The van der Waals surface area contributed by atoms with Gasteiger partial charge in [-0.05, 0) is 43.2 Å². The maximum Gasteiger partial charge on any atom is 0.339 e. The molecular weight excluding hydrogens is 362 g/mol. The Bertz CT molecular complexity index is 960. The van der Waals surface area contributed by atoms with Crippen LogP contribution in [0.3, 0.4) is 0 Å². The number of anilines is 1. The molecule has 148 valence electrons. The normalized spacial score (nSPS) is 16.1. The number of hydrogen-bond acceptors (Lipinski definition) is 4. The highest BCUT2D eigenvalue weighted by Crippen LogP contribution is 2.34. The molecule has 1 saturated heterocycles. The van der Waals surface area contributed by atoms with Crippen LogP contribution in [-0.4, -0.2) is 27.6 Å². The Hall–Kier alpha value is -3.21.